The van der Waals surface area contributed by atoms with E-state index in [1.165, 1.54) is 5.02 Å². The van der Waals surface area contributed by atoms with Crippen molar-refractivity contribution in [2.75, 3.05) is 5.01 Å². The van der Waals surface area contributed by atoms with Crippen LogP contribution in [0.5, 0.6) is 0 Å². The molecule has 0 amide bonds. The fourth-order valence-electron chi connectivity index (χ4n) is 1.56. The average Bonchev–Trinajstić information content (AvgIpc) is 3.17. The fraction of sp³-hybridized carbons (Fsp3) is 0. The van der Waals surface area contributed by atoms with E-state index in [9.17, 15) is 0 Å². The van der Waals surface area contributed by atoms with Crippen molar-refractivity contribution in [1.29, 1.82) is 0 Å². The molecular formula is C12H10N2O2. The second kappa shape index (κ2) is 3.66. The van der Waals surface area contributed by atoms with Gasteiger partial charge in [-0.25, -0.2) is 0 Å². The maximum absolute atomic E-state index is 4.74. The summed E-state index contributed by atoms with van der Waals surface area (Å²) < 4.78 is 9.48. The third-order valence-electron chi connectivity index (χ3n) is 2.31. The number of benzene rings is 2. The minimum atomic E-state index is 0.978. The Kier molecular flexibility index (Phi) is 2.04. The van der Waals surface area contributed by atoms with Crippen molar-refractivity contribution >= 4 is 11.4 Å². The van der Waals surface area contributed by atoms with Crippen LogP contribution in [-0.2, 0) is 0 Å². The van der Waals surface area contributed by atoms with Crippen LogP contribution in [0.3, 0.4) is 0 Å². The molecule has 16 heavy (non-hydrogen) atoms. The lowest BCUT2D eigenvalue weighted by molar-refractivity contribution is 0.264. The topological polar surface area (TPSA) is 34.5 Å². The number of para-hydroxylation sites is 2. The molecule has 0 aliphatic heterocycles. The highest BCUT2D eigenvalue weighted by molar-refractivity contribution is 5.61. The molecule has 3 rings (SSSR count). The lowest BCUT2D eigenvalue weighted by Gasteiger charge is -2.15. The third-order valence-corrected chi connectivity index (χ3v) is 2.31. The van der Waals surface area contributed by atoms with Gasteiger partial charge in [-0.2, -0.15) is 5.01 Å². The van der Waals surface area contributed by atoms with E-state index < -0.39 is 0 Å². The van der Waals surface area contributed by atoms with Gasteiger partial charge in [0.05, 0.1) is 11.4 Å². The van der Waals surface area contributed by atoms with Crippen LogP contribution >= 0.6 is 0 Å². The average molecular weight is 214 g/mol. The van der Waals surface area contributed by atoms with E-state index >= 15 is 0 Å². The molecule has 0 aliphatic carbocycles. The molecule has 1 aromatic heterocycles. The van der Waals surface area contributed by atoms with Crippen molar-refractivity contribution in [3.8, 4) is 0 Å². The smallest absolute Gasteiger partial charge is 0.137 e. The monoisotopic (exact) mass is 214 g/mol. The van der Waals surface area contributed by atoms with E-state index in [0.29, 0.717) is 0 Å². The van der Waals surface area contributed by atoms with E-state index in [1.807, 2.05) is 65.7 Å². The van der Waals surface area contributed by atoms with Gasteiger partial charge < -0.3 is 0 Å². The van der Waals surface area contributed by atoms with Crippen LogP contribution in [0.15, 0.2) is 70.0 Å². The Balaban J connectivity index is 2.04. The molecule has 0 bridgehead atoms. The number of hydrogen-bond donors (Lipinski definition) is 0. The van der Waals surface area contributed by atoms with Crippen LogP contribution < -0.4 is 5.01 Å². The second-order valence-corrected chi connectivity index (χ2v) is 3.37. The van der Waals surface area contributed by atoms with Gasteiger partial charge in [0.15, 0.2) is 0 Å². The highest BCUT2D eigenvalue weighted by atomic mass is 17.3. The van der Waals surface area contributed by atoms with Gasteiger partial charge in [-0.15, -0.1) is 9.36 Å². The molecule has 4 heteroatoms. The van der Waals surface area contributed by atoms with Crippen molar-refractivity contribution in [1.82, 2.24) is 5.02 Å². The molecule has 0 spiro atoms. The fourth-order valence-corrected chi connectivity index (χ4v) is 1.56. The van der Waals surface area contributed by atoms with Gasteiger partial charge in [0, 0.05) is 0 Å². The first-order valence-electron chi connectivity index (χ1n) is 5.00. The maximum atomic E-state index is 4.74. The summed E-state index contributed by atoms with van der Waals surface area (Å²) in [5.41, 5.74) is 1.96. The molecule has 3 aromatic rings. The Morgan fingerprint density at radius 1 is 0.688 bits per heavy atom. The predicted molar refractivity (Wildman–Crippen MR) is 59.4 cm³/mol. The van der Waals surface area contributed by atoms with E-state index in [-0.39, 0.29) is 0 Å². The number of nitrogens with zero attached hydrogens (tertiary/aromatic N) is 2. The standard InChI is InChI=1S/C12H10N2O2/c1-3-7-11(8-4-1)13(14-15-16-14)12-9-5-2-6-10-12/h1-10H. The zero-order chi connectivity index (χ0) is 10.8. The van der Waals surface area contributed by atoms with Gasteiger partial charge in [0.2, 0.25) is 0 Å². The van der Waals surface area contributed by atoms with Gasteiger partial charge in [-0.1, -0.05) is 36.4 Å². The first-order valence-corrected chi connectivity index (χ1v) is 5.00. The van der Waals surface area contributed by atoms with E-state index in [0.717, 1.165) is 11.4 Å². The zero-order valence-corrected chi connectivity index (χ0v) is 8.48. The van der Waals surface area contributed by atoms with Crippen molar-refractivity contribution in [2.24, 2.45) is 0 Å². The summed E-state index contributed by atoms with van der Waals surface area (Å²) in [4.78, 5) is 0. The highest BCUT2D eigenvalue weighted by Gasteiger charge is 2.18. The van der Waals surface area contributed by atoms with Crippen molar-refractivity contribution in [3.63, 3.8) is 0 Å². The van der Waals surface area contributed by atoms with Crippen molar-refractivity contribution < 1.29 is 9.36 Å². The van der Waals surface area contributed by atoms with Gasteiger partial charge in [0.25, 0.3) is 0 Å². The first-order chi connectivity index (χ1) is 7.95. The molecule has 2 aromatic carbocycles. The number of hydrogen-bond acceptors (Lipinski definition) is 3. The number of anilines is 2. The van der Waals surface area contributed by atoms with Gasteiger partial charge in [0.1, 0.15) is 5.02 Å². The summed E-state index contributed by atoms with van der Waals surface area (Å²) in [7, 11) is 0. The molecular weight excluding hydrogens is 204 g/mol. The van der Waals surface area contributed by atoms with Crippen molar-refractivity contribution in [3.05, 3.63) is 60.7 Å². The third kappa shape index (κ3) is 1.61. The Bertz CT molecular complexity index is 488. The van der Waals surface area contributed by atoms with Crippen LogP contribution in [0.1, 0.15) is 0 Å². The predicted octanol–water partition coefficient (Wildman–Crippen LogP) is 3.28. The first kappa shape index (κ1) is 8.91. The van der Waals surface area contributed by atoms with Crippen LogP contribution in [0, 0.1) is 0 Å². The molecule has 80 valence electrons. The van der Waals surface area contributed by atoms with Crippen LogP contribution in [0.4, 0.5) is 11.4 Å². The maximum Gasteiger partial charge on any atom is 0.137 e. The molecule has 0 saturated heterocycles. The largest absolute Gasteiger partial charge is 0.183 e. The molecule has 4 nitrogen and oxygen atoms in total. The Labute approximate surface area is 92.1 Å². The molecule has 0 unspecified atom stereocenters. The van der Waals surface area contributed by atoms with Crippen LogP contribution in [0.25, 0.3) is 0 Å². The van der Waals surface area contributed by atoms with Crippen LogP contribution in [-0.4, -0.2) is 5.02 Å². The Morgan fingerprint density at radius 3 is 1.50 bits per heavy atom. The molecule has 0 saturated carbocycles. The normalized spacial score (nSPS) is 10.5. The summed E-state index contributed by atoms with van der Waals surface area (Å²) in [6.45, 7) is 0. The molecule has 0 N–H and O–H groups in total. The summed E-state index contributed by atoms with van der Waals surface area (Å²) in [6, 6.07) is 19.7. The van der Waals surface area contributed by atoms with Crippen LogP contribution in [0.2, 0.25) is 0 Å². The van der Waals surface area contributed by atoms with Gasteiger partial charge in [-0.3, -0.25) is 0 Å². The van der Waals surface area contributed by atoms with E-state index in [4.69, 9.17) is 9.36 Å². The minimum absolute atomic E-state index is 0.978. The SMILES string of the molecule is c1ccc(N(c2ccccc2)n2oo2)cc1. The summed E-state index contributed by atoms with van der Waals surface area (Å²) in [6.07, 6.45) is 0. The summed E-state index contributed by atoms with van der Waals surface area (Å²) >= 11 is 0. The lowest BCUT2D eigenvalue weighted by atomic mass is 10.2. The number of aromatic nitrogens is 1. The van der Waals surface area contributed by atoms with Crippen molar-refractivity contribution in [2.45, 2.75) is 0 Å². The summed E-state index contributed by atoms with van der Waals surface area (Å²) in [5, 5.41) is 3.16. The van der Waals surface area contributed by atoms with E-state index in [1.54, 1.807) is 0 Å². The molecule has 1 heterocycles. The molecule has 0 fully saturated rings. The minimum Gasteiger partial charge on any atom is -0.183 e. The number of rotatable bonds is 3. The molecule has 0 atom stereocenters. The summed E-state index contributed by atoms with van der Waals surface area (Å²) in [5.74, 6) is 0. The van der Waals surface area contributed by atoms with E-state index in [2.05, 4.69) is 0 Å². The zero-order valence-electron chi connectivity index (χ0n) is 8.48. The van der Waals surface area contributed by atoms with Gasteiger partial charge >= 0.3 is 0 Å². The molecule has 0 radical (unpaired) electrons. The Morgan fingerprint density at radius 2 is 1.12 bits per heavy atom. The lowest BCUT2D eigenvalue weighted by Crippen LogP contribution is -2.17. The quantitative estimate of drug-likeness (QED) is 0.627. The second-order valence-electron chi connectivity index (χ2n) is 3.37. The Hall–Kier alpha value is -2.36. The van der Waals surface area contributed by atoms with Gasteiger partial charge in [-0.05, 0) is 24.3 Å². The molecule has 0 aliphatic rings. The highest BCUT2D eigenvalue weighted by Crippen LogP contribution is 2.26.